The first kappa shape index (κ1) is 21.5. The van der Waals surface area contributed by atoms with Crippen molar-refractivity contribution in [3.8, 4) is 0 Å². The van der Waals surface area contributed by atoms with Crippen LogP contribution in [0.1, 0.15) is 49.5 Å². The highest BCUT2D eigenvalue weighted by Crippen LogP contribution is 2.31. The SMILES string of the molecule is CC(C)(C)c1cc(Nc2cccc(F)c2Cl)ncc1C(=O)NCC1CCOCC1. The second-order valence-electron chi connectivity index (χ2n) is 8.36. The Morgan fingerprint density at radius 3 is 2.72 bits per heavy atom. The number of nitrogens with one attached hydrogen (secondary N) is 2. The molecule has 2 aromatic rings. The second kappa shape index (κ2) is 9.09. The van der Waals surface area contributed by atoms with E-state index >= 15 is 0 Å². The zero-order valence-corrected chi connectivity index (χ0v) is 17.8. The van der Waals surface area contributed by atoms with Crippen molar-refractivity contribution in [2.45, 2.75) is 39.0 Å². The van der Waals surface area contributed by atoms with Gasteiger partial charge in [-0.05, 0) is 47.9 Å². The summed E-state index contributed by atoms with van der Waals surface area (Å²) in [6.07, 6.45) is 3.49. The Bertz CT molecular complexity index is 877. The van der Waals surface area contributed by atoms with Gasteiger partial charge in [0.25, 0.3) is 5.91 Å². The highest BCUT2D eigenvalue weighted by Gasteiger charge is 2.24. The van der Waals surface area contributed by atoms with Crippen LogP contribution in [0.2, 0.25) is 5.02 Å². The maximum Gasteiger partial charge on any atom is 0.253 e. The largest absolute Gasteiger partial charge is 0.381 e. The quantitative estimate of drug-likeness (QED) is 0.710. The number of rotatable bonds is 5. The van der Waals surface area contributed by atoms with Crippen LogP contribution in [0.5, 0.6) is 0 Å². The van der Waals surface area contributed by atoms with E-state index in [9.17, 15) is 9.18 Å². The maximum absolute atomic E-state index is 13.7. The molecular formula is C22H27ClFN3O2. The van der Waals surface area contributed by atoms with Gasteiger partial charge in [-0.3, -0.25) is 4.79 Å². The lowest BCUT2D eigenvalue weighted by Gasteiger charge is -2.25. The van der Waals surface area contributed by atoms with Crippen molar-refractivity contribution in [3.63, 3.8) is 0 Å². The Morgan fingerprint density at radius 1 is 1.31 bits per heavy atom. The van der Waals surface area contributed by atoms with Crippen LogP contribution in [-0.2, 0) is 10.2 Å². The molecule has 1 aliphatic heterocycles. The highest BCUT2D eigenvalue weighted by molar-refractivity contribution is 6.33. The van der Waals surface area contributed by atoms with Crippen LogP contribution in [0, 0.1) is 11.7 Å². The van der Waals surface area contributed by atoms with Crippen molar-refractivity contribution in [3.05, 3.63) is 52.4 Å². The molecule has 2 heterocycles. The van der Waals surface area contributed by atoms with E-state index in [1.807, 2.05) is 26.8 Å². The zero-order valence-electron chi connectivity index (χ0n) is 17.0. The number of anilines is 2. The minimum Gasteiger partial charge on any atom is -0.381 e. The van der Waals surface area contributed by atoms with Crippen LogP contribution < -0.4 is 10.6 Å². The van der Waals surface area contributed by atoms with E-state index in [-0.39, 0.29) is 16.3 Å². The molecule has 1 aromatic heterocycles. The van der Waals surface area contributed by atoms with E-state index in [2.05, 4.69) is 15.6 Å². The van der Waals surface area contributed by atoms with Crippen molar-refractivity contribution < 1.29 is 13.9 Å². The first-order valence-electron chi connectivity index (χ1n) is 9.83. The molecule has 3 rings (SSSR count). The lowest BCUT2D eigenvalue weighted by molar-refractivity contribution is 0.0642. The number of hydrogen-bond acceptors (Lipinski definition) is 4. The van der Waals surface area contributed by atoms with Crippen LogP contribution in [0.3, 0.4) is 0 Å². The van der Waals surface area contributed by atoms with Gasteiger partial charge in [0.15, 0.2) is 0 Å². The van der Waals surface area contributed by atoms with Gasteiger partial charge in [-0.15, -0.1) is 0 Å². The van der Waals surface area contributed by atoms with Crippen LogP contribution >= 0.6 is 11.6 Å². The molecule has 29 heavy (non-hydrogen) atoms. The summed E-state index contributed by atoms with van der Waals surface area (Å²) in [5.41, 5.74) is 1.54. The van der Waals surface area contributed by atoms with E-state index < -0.39 is 5.82 Å². The number of hydrogen-bond donors (Lipinski definition) is 2. The molecule has 1 amide bonds. The summed E-state index contributed by atoms with van der Waals surface area (Å²) in [5.74, 6) is 0.305. The van der Waals surface area contributed by atoms with Crippen molar-refractivity contribution in [2.24, 2.45) is 5.92 Å². The van der Waals surface area contributed by atoms with E-state index in [0.717, 1.165) is 31.6 Å². The third-order valence-corrected chi connectivity index (χ3v) is 5.45. The zero-order chi connectivity index (χ0) is 21.0. The molecule has 2 N–H and O–H groups in total. The van der Waals surface area contributed by atoms with Crippen molar-refractivity contribution in [1.29, 1.82) is 0 Å². The van der Waals surface area contributed by atoms with Crippen molar-refractivity contribution in [2.75, 3.05) is 25.1 Å². The molecule has 0 radical (unpaired) electrons. The number of carbonyl (C=O) groups excluding carboxylic acids is 1. The van der Waals surface area contributed by atoms with Crippen molar-refractivity contribution in [1.82, 2.24) is 10.3 Å². The fraction of sp³-hybridized carbons (Fsp3) is 0.455. The molecule has 0 atom stereocenters. The Balaban J connectivity index is 1.80. The molecule has 5 nitrogen and oxygen atoms in total. The summed E-state index contributed by atoms with van der Waals surface area (Å²) in [7, 11) is 0. The van der Waals surface area contributed by atoms with Crippen LogP contribution in [-0.4, -0.2) is 30.6 Å². The van der Waals surface area contributed by atoms with Gasteiger partial charge in [-0.2, -0.15) is 0 Å². The predicted octanol–water partition coefficient (Wildman–Crippen LogP) is 5.07. The molecule has 0 unspecified atom stereocenters. The van der Waals surface area contributed by atoms with Crippen LogP contribution in [0.15, 0.2) is 30.5 Å². The molecule has 0 bridgehead atoms. The fourth-order valence-electron chi connectivity index (χ4n) is 3.35. The lowest BCUT2D eigenvalue weighted by atomic mass is 9.84. The average molecular weight is 420 g/mol. The standard InChI is InChI=1S/C22H27ClFN3O2/c1-22(2,3)16-11-19(27-18-6-4-5-17(24)20(18)23)25-13-15(16)21(28)26-12-14-7-9-29-10-8-14/h4-6,11,13-14H,7-10,12H2,1-3H3,(H,25,27)(H,26,28). The molecule has 1 aromatic carbocycles. The molecule has 7 heteroatoms. The van der Waals surface area contributed by atoms with E-state index in [1.165, 1.54) is 6.07 Å². The summed E-state index contributed by atoms with van der Waals surface area (Å²) in [5, 5.41) is 6.09. The maximum atomic E-state index is 13.7. The number of nitrogens with zero attached hydrogens (tertiary/aromatic N) is 1. The average Bonchev–Trinajstić information content (AvgIpc) is 2.70. The minimum atomic E-state index is -0.503. The minimum absolute atomic E-state index is 0.00453. The molecule has 156 valence electrons. The number of pyridine rings is 1. The van der Waals surface area contributed by atoms with Crippen molar-refractivity contribution >= 4 is 29.0 Å². The summed E-state index contributed by atoms with van der Waals surface area (Å²) in [6, 6.07) is 6.38. The molecule has 1 aliphatic rings. The molecule has 1 saturated heterocycles. The van der Waals surface area contributed by atoms with Gasteiger partial charge in [0.05, 0.1) is 16.3 Å². The predicted molar refractivity (Wildman–Crippen MR) is 114 cm³/mol. The number of ether oxygens (including phenoxy) is 1. The molecule has 0 saturated carbocycles. The van der Waals surface area contributed by atoms with Gasteiger partial charge in [0, 0.05) is 26.0 Å². The Hall–Kier alpha value is -2.18. The number of amides is 1. The second-order valence-corrected chi connectivity index (χ2v) is 8.74. The number of benzene rings is 1. The number of halogens is 2. The summed E-state index contributed by atoms with van der Waals surface area (Å²) in [4.78, 5) is 17.2. The highest BCUT2D eigenvalue weighted by atomic mass is 35.5. The third kappa shape index (κ3) is 5.46. The first-order valence-corrected chi connectivity index (χ1v) is 10.2. The van der Waals surface area contributed by atoms with Gasteiger partial charge in [-0.1, -0.05) is 38.4 Å². The van der Waals surface area contributed by atoms with Gasteiger partial charge < -0.3 is 15.4 Å². The Kier molecular flexibility index (Phi) is 6.75. The molecular weight excluding hydrogens is 393 g/mol. The molecule has 0 spiro atoms. The summed E-state index contributed by atoms with van der Waals surface area (Å²) >= 11 is 6.03. The lowest BCUT2D eigenvalue weighted by Crippen LogP contribution is -2.33. The Labute approximate surface area is 176 Å². The number of carbonyl (C=O) groups is 1. The topological polar surface area (TPSA) is 63.2 Å². The smallest absolute Gasteiger partial charge is 0.253 e. The van der Waals surface area contributed by atoms with E-state index in [4.69, 9.17) is 16.3 Å². The van der Waals surface area contributed by atoms with Gasteiger partial charge in [0.1, 0.15) is 11.6 Å². The molecule has 0 aliphatic carbocycles. The van der Waals surface area contributed by atoms with Gasteiger partial charge in [0.2, 0.25) is 0 Å². The third-order valence-electron chi connectivity index (χ3n) is 5.06. The number of aromatic nitrogens is 1. The monoisotopic (exact) mass is 419 g/mol. The molecule has 1 fully saturated rings. The van der Waals surface area contributed by atoms with Gasteiger partial charge in [-0.25, -0.2) is 9.37 Å². The van der Waals surface area contributed by atoms with Gasteiger partial charge >= 0.3 is 0 Å². The summed E-state index contributed by atoms with van der Waals surface area (Å²) in [6.45, 7) is 8.24. The van der Waals surface area contributed by atoms with E-state index in [0.29, 0.717) is 29.5 Å². The van der Waals surface area contributed by atoms with Crippen LogP contribution in [0.25, 0.3) is 0 Å². The van der Waals surface area contributed by atoms with E-state index in [1.54, 1.807) is 18.3 Å². The Morgan fingerprint density at radius 2 is 2.03 bits per heavy atom. The normalized spacial score (nSPS) is 15.2. The van der Waals surface area contributed by atoms with Crippen LogP contribution in [0.4, 0.5) is 15.9 Å². The summed E-state index contributed by atoms with van der Waals surface area (Å²) < 4.78 is 19.1. The first-order chi connectivity index (χ1) is 13.8. The fourth-order valence-corrected chi connectivity index (χ4v) is 3.52.